The number of likely N-dealkylation sites (tertiary alicyclic amines) is 1. The van der Waals surface area contributed by atoms with Crippen LogP contribution in [0.15, 0.2) is 18.2 Å². The number of hydrogen-bond donors (Lipinski definition) is 1. The number of carbonyl (C=O) groups excluding carboxylic acids is 1. The van der Waals surface area contributed by atoms with E-state index in [1.54, 1.807) is 0 Å². The molecule has 7 nitrogen and oxygen atoms in total. The van der Waals surface area contributed by atoms with E-state index in [4.69, 9.17) is 4.74 Å². The Morgan fingerprint density at radius 3 is 2.52 bits per heavy atom. The molecule has 0 saturated carbocycles. The minimum atomic E-state index is -0.493. The second kappa shape index (κ2) is 7.92. The van der Waals surface area contributed by atoms with Crippen molar-refractivity contribution in [1.82, 2.24) is 4.90 Å². The molecule has 0 spiro atoms. The van der Waals surface area contributed by atoms with Gasteiger partial charge in [0.05, 0.1) is 23.8 Å². The summed E-state index contributed by atoms with van der Waals surface area (Å²) in [4.78, 5) is 25.1. The largest absolute Gasteiger partial charge is 0.495 e. The molecular weight excluding hydrogens is 298 g/mol. The van der Waals surface area contributed by atoms with Crippen molar-refractivity contribution in [2.45, 2.75) is 38.6 Å². The summed E-state index contributed by atoms with van der Waals surface area (Å²) < 4.78 is 5.18. The van der Waals surface area contributed by atoms with Crippen LogP contribution in [-0.2, 0) is 4.79 Å². The maximum Gasteiger partial charge on any atom is 0.271 e. The van der Waals surface area contributed by atoms with Crippen molar-refractivity contribution in [3.8, 4) is 5.75 Å². The molecule has 2 rings (SSSR count). The quantitative estimate of drug-likeness (QED) is 0.666. The molecule has 126 valence electrons. The molecule has 1 fully saturated rings. The van der Waals surface area contributed by atoms with Gasteiger partial charge >= 0.3 is 0 Å². The molecule has 1 N–H and O–H groups in total. The molecule has 1 aliphatic rings. The molecule has 1 aliphatic heterocycles. The van der Waals surface area contributed by atoms with Crippen molar-refractivity contribution in [3.05, 3.63) is 28.3 Å². The summed E-state index contributed by atoms with van der Waals surface area (Å²) in [7, 11) is 1.47. The van der Waals surface area contributed by atoms with Crippen LogP contribution in [0.25, 0.3) is 0 Å². The van der Waals surface area contributed by atoms with Gasteiger partial charge < -0.3 is 10.1 Å². The number of methoxy groups -OCH3 is 1. The van der Waals surface area contributed by atoms with E-state index in [0.717, 1.165) is 25.9 Å². The van der Waals surface area contributed by atoms with Crippen molar-refractivity contribution >= 4 is 17.3 Å². The van der Waals surface area contributed by atoms with E-state index in [2.05, 4.69) is 10.2 Å². The van der Waals surface area contributed by atoms with E-state index in [-0.39, 0.29) is 17.6 Å². The van der Waals surface area contributed by atoms with Crippen LogP contribution in [0.3, 0.4) is 0 Å². The lowest BCUT2D eigenvalue weighted by atomic mass is 10.2. The predicted molar refractivity (Wildman–Crippen MR) is 87.8 cm³/mol. The number of anilines is 1. The highest BCUT2D eigenvalue weighted by Gasteiger charge is 2.23. The normalized spacial score (nSPS) is 17.1. The summed E-state index contributed by atoms with van der Waals surface area (Å²) in [5, 5.41) is 13.7. The van der Waals surface area contributed by atoms with Gasteiger partial charge in [-0.05, 0) is 38.9 Å². The molecule has 1 amide bonds. The number of nitro groups is 1. The lowest BCUT2D eigenvalue weighted by Gasteiger charge is -2.26. The van der Waals surface area contributed by atoms with E-state index >= 15 is 0 Å². The van der Waals surface area contributed by atoms with Gasteiger partial charge in [-0.25, -0.2) is 0 Å². The van der Waals surface area contributed by atoms with Crippen molar-refractivity contribution in [3.63, 3.8) is 0 Å². The zero-order chi connectivity index (χ0) is 16.8. The maximum atomic E-state index is 12.5. The van der Waals surface area contributed by atoms with Crippen molar-refractivity contribution < 1.29 is 14.5 Å². The Balaban J connectivity index is 2.11. The fraction of sp³-hybridized carbons (Fsp3) is 0.562. The van der Waals surface area contributed by atoms with Crippen LogP contribution in [0, 0.1) is 10.1 Å². The summed E-state index contributed by atoms with van der Waals surface area (Å²) in [6.07, 6.45) is 4.59. The molecule has 0 aliphatic carbocycles. The monoisotopic (exact) mass is 321 g/mol. The van der Waals surface area contributed by atoms with Crippen LogP contribution in [0.5, 0.6) is 5.75 Å². The van der Waals surface area contributed by atoms with E-state index < -0.39 is 4.92 Å². The Morgan fingerprint density at radius 2 is 1.96 bits per heavy atom. The number of benzene rings is 1. The molecule has 7 heteroatoms. The first-order valence-corrected chi connectivity index (χ1v) is 7.90. The van der Waals surface area contributed by atoms with Gasteiger partial charge in [-0.1, -0.05) is 12.8 Å². The minimum absolute atomic E-state index is 0.0801. The summed E-state index contributed by atoms with van der Waals surface area (Å²) in [6.45, 7) is 3.67. The zero-order valence-corrected chi connectivity index (χ0v) is 13.6. The topological polar surface area (TPSA) is 84.7 Å². The molecular formula is C16H23N3O4. The number of rotatable bonds is 5. The van der Waals surface area contributed by atoms with Crippen LogP contribution >= 0.6 is 0 Å². The number of ether oxygens (including phenoxy) is 1. The smallest absolute Gasteiger partial charge is 0.271 e. The first-order valence-electron chi connectivity index (χ1n) is 7.90. The zero-order valence-electron chi connectivity index (χ0n) is 13.6. The number of nitrogens with one attached hydrogen (secondary N) is 1. The molecule has 1 aromatic carbocycles. The van der Waals surface area contributed by atoms with Crippen molar-refractivity contribution in [1.29, 1.82) is 0 Å². The lowest BCUT2D eigenvalue weighted by Crippen LogP contribution is -2.42. The van der Waals surface area contributed by atoms with Gasteiger partial charge in [0.15, 0.2) is 0 Å². The van der Waals surface area contributed by atoms with Crippen LogP contribution < -0.4 is 10.1 Å². The molecule has 0 aromatic heterocycles. The Morgan fingerprint density at radius 1 is 1.30 bits per heavy atom. The average molecular weight is 321 g/mol. The van der Waals surface area contributed by atoms with Gasteiger partial charge in [-0.3, -0.25) is 19.8 Å². The number of nitrogens with zero attached hydrogens (tertiary/aromatic N) is 2. The highest BCUT2D eigenvalue weighted by Crippen LogP contribution is 2.29. The van der Waals surface area contributed by atoms with Crippen LogP contribution in [0.4, 0.5) is 11.4 Å². The summed E-state index contributed by atoms with van der Waals surface area (Å²) >= 11 is 0. The Bertz CT molecular complexity index is 568. The predicted octanol–water partition coefficient (Wildman–Crippen LogP) is 2.81. The summed E-state index contributed by atoms with van der Waals surface area (Å²) in [5.74, 6) is 0.234. The van der Waals surface area contributed by atoms with Crippen LogP contribution in [0.1, 0.15) is 32.6 Å². The van der Waals surface area contributed by atoms with E-state index in [9.17, 15) is 14.9 Å². The third kappa shape index (κ3) is 4.41. The molecule has 1 atom stereocenters. The molecule has 23 heavy (non-hydrogen) atoms. The molecule has 1 unspecified atom stereocenters. The third-order valence-corrected chi connectivity index (χ3v) is 4.22. The Labute approximate surface area is 135 Å². The highest BCUT2D eigenvalue weighted by atomic mass is 16.6. The number of amides is 1. The molecule has 0 bridgehead atoms. The minimum Gasteiger partial charge on any atom is -0.495 e. The fourth-order valence-corrected chi connectivity index (χ4v) is 2.79. The van der Waals surface area contributed by atoms with Gasteiger partial charge in [0.25, 0.3) is 5.69 Å². The molecule has 1 heterocycles. The van der Waals surface area contributed by atoms with Crippen LogP contribution in [0.2, 0.25) is 0 Å². The molecule has 1 saturated heterocycles. The Kier molecular flexibility index (Phi) is 5.92. The van der Waals surface area contributed by atoms with Crippen molar-refractivity contribution in [2.24, 2.45) is 0 Å². The van der Waals surface area contributed by atoms with Gasteiger partial charge in [0, 0.05) is 12.1 Å². The van der Waals surface area contributed by atoms with Gasteiger partial charge in [-0.15, -0.1) is 0 Å². The fourth-order valence-electron chi connectivity index (χ4n) is 2.79. The second-order valence-electron chi connectivity index (χ2n) is 5.76. The van der Waals surface area contributed by atoms with E-state index in [1.165, 1.54) is 38.2 Å². The first-order chi connectivity index (χ1) is 11.0. The van der Waals surface area contributed by atoms with Gasteiger partial charge in [0.2, 0.25) is 5.91 Å². The average Bonchev–Trinajstić information content (AvgIpc) is 2.83. The summed E-state index contributed by atoms with van der Waals surface area (Å²) in [5.41, 5.74) is 0.247. The molecule has 1 aromatic rings. The summed E-state index contributed by atoms with van der Waals surface area (Å²) in [6, 6.07) is 3.89. The standard InChI is InChI=1S/C16H23N3O4/c1-12(18-9-5-3-4-6-10-18)16(20)17-14-11-13(19(21)22)7-8-15(14)23-2/h7-8,11-12H,3-6,9-10H2,1-2H3,(H,17,20). The number of hydrogen-bond acceptors (Lipinski definition) is 5. The highest BCUT2D eigenvalue weighted by molar-refractivity contribution is 5.96. The third-order valence-electron chi connectivity index (χ3n) is 4.22. The SMILES string of the molecule is COc1ccc([N+](=O)[O-])cc1NC(=O)C(C)N1CCCCCC1. The van der Waals surface area contributed by atoms with Crippen molar-refractivity contribution in [2.75, 3.05) is 25.5 Å². The Hall–Kier alpha value is -2.15. The second-order valence-corrected chi connectivity index (χ2v) is 5.76. The maximum absolute atomic E-state index is 12.5. The molecule has 0 radical (unpaired) electrons. The van der Waals surface area contributed by atoms with Crippen LogP contribution in [-0.4, -0.2) is 42.0 Å². The number of nitro benzene ring substituents is 1. The van der Waals surface area contributed by atoms with E-state index in [0.29, 0.717) is 11.4 Å². The van der Waals surface area contributed by atoms with E-state index in [1.807, 2.05) is 6.92 Å². The first kappa shape index (κ1) is 17.2. The number of non-ortho nitro benzene ring substituents is 1. The lowest BCUT2D eigenvalue weighted by molar-refractivity contribution is -0.384. The van der Waals surface area contributed by atoms with Gasteiger partial charge in [-0.2, -0.15) is 0 Å². The number of carbonyl (C=O) groups is 1. The van der Waals surface area contributed by atoms with Gasteiger partial charge in [0.1, 0.15) is 5.75 Å².